The van der Waals surface area contributed by atoms with Crippen molar-refractivity contribution in [2.75, 3.05) is 0 Å². The molecule has 0 amide bonds. The lowest BCUT2D eigenvalue weighted by molar-refractivity contribution is 0.0467. The van der Waals surface area contributed by atoms with E-state index in [1.54, 1.807) is 115 Å². The number of rotatable bonds is 10. The summed E-state index contributed by atoms with van der Waals surface area (Å²) in [6, 6.07) is 36.5. The molecule has 0 spiro atoms. The average molecular weight is 587 g/mol. The monoisotopic (exact) mass is 586 g/mol. The van der Waals surface area contributed by atoms with Gasteiger partial charge in [-0.25, -0.2) is 19.2 Å². The maximum Gasteiger partial charge on any atom is 0.343 e. The van der Waals surface area contributed by atoms with Crippen LogP contribution in [0.25, 0.3) is 0 Å². The van der Waals surface area contributed by atoms with Crippen molar-refractivity contribution in [3.05, 3.63) is 167 Å². The zero-order chi connectivity index (χ0) is 30.7. The molecule has 0 aliphatic rings. The lowest BCUT2D eigenvalue weighted by atomic mass is 10.1. The van der Waals surface area contributed by atoms with Crippen molar-refractivity contribution in [1.29, 1.82) is 0 Å². The smallest absolute Gasteiger partial charge is 0.343 e. The largest absolute Gasteiger partial charge is 0.457 e. The summed E-state index contributed by atoms with van der Waals surface area (Å²) in [5.41, 5.74) is 2.40. The van der Waals surface area contributed by atoms with Gasteiger partial charge in [-0.3, -0.25) is 0 Å². The molecule has 5 aromatic carbocycles. The minimum atomic E-state index is -0.640. The molecule has 5 aromatic rings. The van der Waals surface area contributed by atoms with Crippen LogP contribution < -0.4 is 9.47 Å². The minimum absolute atomic E-state index is 0.0740. The molecule has 0 bridgehead atoms. The molecule has 0 aliphatic heterocycles. The van der Waals surface area contributed by atoms with Crippen LogP contribution >= 0.6 is 0 Å². The Morgan fingerprint density at radius 3 is 1.20 bits per heavy atom. The third-order valence-electron chi connectivity index (χ3n) is 6.31. The predicted octanol–water partition coefficient (Wildman–Crippen LogP) is 6.84. The highest BCUT2D eigenvalue weighted by molar-refractivity contribution is 5.95. The van der Waals surface area contributed by atoms with Gasteiger partial charge in [-0.15, -0.1) is 0 Å². The molecule has 0 radical (unpaired) electrons. The number of ether oxygens (including phenoxy) is 4. The molecule has 0 aromatic heterocycles. The van der Waals surface area contributed by atoms with Gasteiger partial charge in [-0.2, -0.15) is 0 Å². The Labute approximate surface area is 253 Å². The van der Waals surface area contributed by atoms with E-state index in [2.05, 4.69) is 0 Å². The highest BCUT2D eigenvalue weighted by Crippen LogP contribution is 2.19. The zero-order valence-electron chi connectivity index (χ0n) is 23.4. The summed E-state index contributed by atoms with van der Waals surface area (Å²) in [6.45, 7) is -0.148. The van der Waals surface area contributed by atoms with Gasteiger partial charge in [-0.1, -0.05) is 66.7 Å². The third-order valence-corrected chi connectivity index (χ3v) is 6.31. The zero-order valence-corrected chi connectivity index (χ0v) is 23.4. The molecule has 0 aliphatic carbocycles. The van der Waals surface area contributed by atoms with Crippen molar-refractivity contribution in [1.82, 2.24) is 0 Å². The molecule has 0 saturated carbocycles. The Balaban J connectivity index is 1.14. The summed E-state index contributed by atoms with van der Waals surface area (Å²) in [4.78, 5) is 50.2. The lowest BCUT2D eigenvalue weighted by Crippen LogP contribution is -2.10. The Morgan fingerprint density at radius 1 is 0.386 bits per heavy atom. The van der Waals surface area contributed by atoms with E-state index in [-0.39, 0.29) is 24.3 Å². The highest BCUT2D eigenvalue weighted by Gasteiger charge is 2.15. The second kappa shape index (κ2) is 14.2. The number of benzene rings is 5. The van der Waals surface area contributed by atoms with Crippen LogP contribution in [0.4, 0.5) is 0 Å². The molecule has 5 rings (SSSR count). The molecule has 0 saturated heterocycles. The van der Waals surface area contributed by atoms with E-state index in [0.29, 0.717) is 33.8 Å². The molecule has 0 unspecified atom stereocenters. The first-order chi connectivity index (χ1) is 21.4. The molecule has 44 heavy (non-hydrogen) atoms. The number of carbonyl (C=O) groups excluding carboxylic acids is 4. The van der Waals surface area contributed by atoms with E-state index in [9.17, 15) is 19.2 Å². The van der Waals surface area contributed by atoms with Crippen molar-refractivity contribution < 1.29 is 38.1 Å². The Kier molecular flexibility index (Phi) is 9.54. The van der Waals surface area contributed by atoms with Crippen molar-refractivity contribution >= 4 is 23.9 Å². The Morgan fingerprint density at radius 2 is 0.773 bits per heavy atom. The van der Waals surface area contributed by atoms with Crippen molar-refractivity contribution in [2.45, 2.75) is 13.2 Å². The van der Waals surface area contributed by atoms with Crippen LogP contribution in [0.15, 0.2) is 133 Å². The second-order valence-electron chi connectivity index (χ2n) is 9.54. The van der Waals surface area contributed by atoms with Crippen molar-refractivity contribution in [2.24, 2.45) is 0 Å². The van der Waals surface area contributed by atoms with Gasteiger partial charge in [-0.05, 0) is 77.9 Å². The average Bonchev–Trinajstić information content (AvgIpc) is 3.07. The molecular weight excluding hydrogens is 560 g/mol. The van der Waals surface area contributed by atoms with Gasteiger partial charge in [0.1, 0.15) is 24.7 Å². The fourth-order valence-electron chi connectivity index (χ4n) is 4.12. The summed E-state index contributed by atoms with van der Waals surface area (Å²) in [7, 11) is 0. The number of hydrogen-bond donors (Lipinski definition) is 0. The van der Waals surface area contributed by atoms with Crippen LogP contribution in [0.5, 0.6) is 11.5 Å². The number of carbonyl (C=O) groups is 4. The van der Waals surface area contributed by atoms with Crippen molar-refractivity contribution in [3.8, 4) is 11.5 Å². The van der Waals surface area contributed by atoms with Crippen LogP contribution in [0.3, 0.4) is 0 Å². The number of hydrogen-bond acceptors (Lipinski definition) is 8. The molecule has 0 heterocycles. The first kappa shape index (κ1) is 29.5. The van der Waals surface area contributed by atoms with Gasteiger partial charge in [0.15, 0.2) is 0 Å². The summed E-state index contributed by atoms with van der Waals surface area (Å²) in [5.74, 6) is -1.64. The van der Waals surface area contributed by atoms with Crippen LogP contribution in [-0.4, -0.2) is 23.9 Å². The third kappa shape index (κ3) is 8.04. The predicted molar refractivity (Wildman–Crippen MR) is 160 cm³/mol. The molecule has 218 valence electrons. The second-order valence-corrected chi connectivity index (χ2v) is 9.54. The van der Waals surface area contributed by atoms with E-state index < -0.39 is 23.9 Å². The maximum atomic E-state index is 12.7. The van der Waals surface area contributed by atoms with E-state index in [4.69, 9.17) is 18.9 Å². The van der Waals surface area contributed by atoms with Crippen LogP contribution in [0, 0.1) is 0 Å². The standard InChI is InChI=1S/C36H26O8/c37-33(41-23-25-10-7-18-31(20-25)43-35(39)27-12-3-1-4-13-27)29-16-9-17-30(22-29)34(38)42-24-26-11-8-19-32(21-26)44-36(40)28-14-5-2-6-15-28/h1-22H,23-24H2. The van der Waals surface area contributed by atoms with E-state index in [1.165, 1.54) is 18.2 Å². The van der Waals surface area contributed by atoms with E-state index >= 15 is 0 Å². The van der Waals surface area contributed by atoms with Gasteiger partial charge in [0.05, 0.1) is 22.3 Å². The van der Waals surface area contributed by atoms with Gasteiger partial charge < -0.3 is 18.9 Å². The van der Waals surface area contributed by atoms with Gasteiger partial charge >= 0.3 is 23.9 Å². The maximum absolute atomic E-state index is 12.7. The first-order valence-electron chi connectivity index (χ1n) is 13.6. The van der Waals surface area contributed by atoms with Gasteiger partial charge in [0.25, 0.3) is 0 Å². The fourth-order valence-corrected chi connectivity index (χ4v) is 4.12. The molecule has 0 fully saturated rings. The highest BCUT2D eigenvalue weighted by atomic mass is 16.5. The summed E-state index contributed by atoms with van der Waals surface area (Å²) >= 11 is 0. The topological polar surface area (TPSA) is 105 Å². The van der Waals surface area contributed by atoms with Gasteiger partial charge in [0, 0.05) is 0 Å². The normalized spacial score (nSPS) is 10.4. The minimum Gasteiger partial charge on any atom is -0.457 e. The van der Waals surface area contributed by atoms with Crippen LogP contribution in [-0.2, 0) is 22.7 Å². The lowest BCUT2D eigenvalue weighted by Gasteiger charge is -2.09. The first-order valence-corrected chi connectivity index (χ1v) is 13.6. The summed E-state index contributed by atoms with van der Waals surface area (Å²) < 4.78 is 21.7. The van der Waals surface area contributed by atoms with Crippen LogP contribution in [0.2, 0.25) is 0 Å². The molecule has 0 N–H and O–H groups in total. The summed E-state index contributed by atoms with van der Waals surface area (Å²) in [6.07, 6.45) is 0. The molecule has 0 atom stereocenters. The van der Waals surface area contributed by atoms with E-state index in [0.717, 1.165) is 0 Å². The van der Waals surface area contributed by atoms with Gasteiger partial charge in [0.2, 0.25) is 0 Å². The SMILES string of the molecule is O=C(OCc1cccc(OC(=O)c2ccccc2)c1)c1cccc(C(=O)OCc2cccc(OC(=O)c3ccccc3)c2)c1. The molecule has 8 nitrogen and oxygen atoms in total. The fraction of sp³-hybridized carbons (Fsp3) is 0.0556. The summed E-state index contributed by atoms with van der Waals surface area (Å²) in [5, 5.41) is 0. The Bertz CT molecular complexity index is 1650. The van der Waals surface area contributed by atoms with Crippen molar-refractivity contribution in [3.63, 3.8) is 0 Å². The molecular formula is C36H26O8. The van der Waals surface area contributed by atoms with E-state index in [1.807, 2.05) is 0 Å². The Hall–Kier alpha value is -6.02. The quantitative estimate of drug-likeness (QED) is 0.129. The number of esters is 4. The molecule has 8 heteroatoms. The van der Waals surface area contributed by atoms with Crippen LogP contribution in [0.1, 0.15) is 52.6 Å².